The Morgan fingerprint density at radius 2 is 2.04 bits per heavy atom. The van der Waals surface area contributed by atoms with Crippen LogP contribution in [0, 0.1) is 0 Å². The summed E-state index contributed by atoms with van der Waals surface area (Å²) < 4.78 is 11.9. The largest absolute Gasteiger partial charge is 0.483 e. The van der Waals surface area contributed by atoms with Crippen LogP contribution in [0.3, 0.4) is 0 Å². The summed E-state index contributed by atoms with van der Waals surface area (Å²) in [5, 5.41) is 0. The maximum atomic E-state index is 12.7. The van der Waals surface area contributed by atoms with Crippen LogP contribution in [-0.2, 0) is 11.2 Å². The van der Waals surface area contributed by atoms with Crippen LogP contribution >= 0.6 is 0 Å². The van der Waals surface area contributed by atoms with Gasteiger partial charge in [-0.05, 0) is 46.6 Å². The molecular weight excluding hydrogens is 302 g/mol. The van der Waals surface area contributed by atoms with E-state index in [9.17, 15) is 4.79 Å². The number of benzene rings is 1. The zero-order valence-electron chi connectivity index (χ0n) is 15.3. The highest BCUT2D eigenvalue weighted by Gasteiger charge is 2.33. The second-order valence-corrected chi connectivity index (χ2v) is 7.90. The number of hydrogen-bond donors (Lipinski definition) is 0. The van der Waals surface area contributed by atoms with Gasteiger partial charge in [-0.3, -0.25) is 4.79 Å². The molecule has 4 nitrogen and oxygen atoms in total. The van der Waals surface area contributed by atoms with E-state index < -0.39 is 0 Å². The van der Waals surface area contributed by atoms with Crippen molar-refractivity contribution in [3.8, 4) is 11.5 Å². The van der Waals surface area contributed by atoms with Crippen molar-refractivity contribution in [1.82, 2.24) is 4.90 Å². The second kappa shape index (κ2) is 6.66. The normalized spacial score (nSPS) is 19.2. The maximum Gasteiger partial charge on any atom is 0.260 e. The Hall–Kier alpha value is -1.71. The Balaban J connectivity index is 1.68. The number of amides is 1. The first-order valence-electron chi connectivity index (χ1n) is 9.12. The molecule has 1 aromatic carbocycles. The summed E-state index contributed by atoms with van der Waals surface area (Å²) in [5.41, 5.74) is 0.945. The lowest BCUT2D eigenvalue weighted by Crippen LogP contribution is -2.45. The fourth-order valence-corrected chi connectivity index (χ4v) is 4.01. The summed E-state index contributed by atoms with van der Waals surface area (Å²) in [6.45, 7) is 8.39. The van der Waals surface area contributed by atoms with Crippen LogP contribution in [0.2, 0.25) is 0 Å². The second-order valence-electron chi connectivity index (χ2n) is 7.90. The molecule has 1 saturated carbocycles. The van der Waals surface area contributed by atoms with Gasteiger partial charge in [-0.2, -0.15) is 0 Å². The van der Waals surface area contributed by atoms with Crippen LogP contribution in [0.15, 0.2) is 18.2 Å². The van der Waals surface area contributed by atoms with Crippen molar-refractivity contribution in [1.29, 1.82) is 0 Å². The van der Waals surface area contributed by atoms with Gasteiger partial charge in [0.05, 0.1) is 0 Å². The minimum absolute atomic E-state index is 0.0757. The first-order valence-corrected chi connectivity index (χ1v) is 9.12. The van der Waals surface area contributed by atoms with E-state index in [2.05, 4.69) is 33.8 Å². The van der Waals surface area contributed by atoms with E-state index in [0.717, 1.165) is 30.6 Å². The van der Waals surface area contributed by atoms with Gasteiger partial charge in [0, 0.05) is 24.1 Å². The summed E-state index contributed by atoms with van der Waals surface area (Å²) in [5.74, 6) is 1.56. The lowest BCUT2D eigenvalue weighted by Gasteiger charge is -2.32. The molecule has 4 heteroatoms. The fraction of sp³-hybridized carbons (Fsp3) is 0.650. The van der Waals surface area contributed by atoms with Gasteiger partial charge in [-0.15, -0.1) is 0 Å². The van der Waals surface area contributed by atoms with Crippen LogP contribution in [-0.4, -0.2) is 35.1 Å². The van der Waals surface area contributed by atoms with Gasteiger partial charge in [-0.1, -0.05) is 25.0 Å². The van der Waals surface area contributed by atoms with Gasteiger partial charge in [0.2, 0.25) is 0 Å². The highest BCUT2D eigenvalue weighted by Crippen LogP contribution is 2.41. The minimum Gasteiger partial charge on any atom is -0.483 e. The lowest BCUT2D eigenvalue weighted by atomic mass is 10.0. The van der Waals surface area contributed by atoms with Crippen LogP contribution in [0.1, 0.15) is 58.9 Å². The molecule has 1 heterocycles. The van der Waals surface area contributed by atoms with E-state index in [4.69, 9.17) is 9.47 Å². The molecular formula is C20H29NO3. The van der Waals surface area contributed by atoms with Crippen molar-refractivity contribution in [2.24, 2.45) is 0 Å². The first kappa shape index (κ1) is 17.1. The van der Waals surface area contributed by atoms with Crippen LogP contribution < -0.4 is 9.47 Å². The average Bonchev–Trinajstić information content (AvgIpc) is 3.10. The van der Waals surface area contributed by atoms with Gasteiger partial charge < -0.3 is 14.4 Å². The summed E-state index contributed by atoms with van der Waals surface area (Å²) in [4.78, 5) is 14.7. The summed E-state index contributed by atoms with van der Waals surface area (Å²) in [6.07, 6.45) is 5.53. The maximum absolute atomic E-state index is 12.7. The highest BCUT2D eigenvalue weighted by molar-refractivity contribution is 5.78. The number of rotatable bonds is 5. The Kier molecular flexibility index (Phi) is 4.75. The quantitative estimate of drug-likeness (QED) is 0.820. The molecule has 1 aliphatic carbocycles. The molecule has 3 rings (SSSR count). The van der Waals surface area contributed by atoms with Crippen molar-refractivity contribution in [3.63, 3.8) is 0 Å². The van der Waals surface area contributed by atoms with E-state index in [-0.39, 0.29) is 24.2 Å². The standard InChI is InChI=1S/C20H29NO3/c1-14(2)21(16-9-5-6-10-16)18(22)13-23-17-11-7-8-15-12-20(3,4)24-19(15)17/h7-8,11,14,16H,5-6,9-10,12-13H2,1-4H3. The van der Waals surface area contributed by atoms with Crippen LogP contribution in [0.5, 0.6) is 11.5 Å². The Morgan fingerprint density at radius 3 is 2.71 bits per heavy atom. The van der Waals surface area contributed by atoms with Crippen molar-refractivity contribution in [2.75, 3.05) is 6.61 Å². The molecule has 0 bridgehead atoms. The summed E-state index contributed by atoms with van der Waals surface area (Å²) >= 11 is 0. The Labute approximate surface area is 145 Å². The van der Waals surface area contributed by atoms with Gasteiger partial charge in [0.1, 0.15) is 5.60 Å². The van der Waals surface area contributed by atoms with Gasteiger partial charge >= 0.3 is 0 Å². The molecule has 1 fully saturated rings. The highest BCUT2D eigenvalue weighted by atomic mass is 16.5. The third-order valence-corrected chi connectivity index (χ3v) is 4.97. The number of carbonyl (C=O) groups is 1. The molecule has 1 aliphatic heterocycles. The number of nitrogens with zero attached hydrogens (tertiary/aromatic N) is 1. The predicted molar refractivity (Wildman–Crippen MR) is 94.6 cm³/mol. The average molecular weight is 331 g/mol. The van der Waals surface area contributed by atoms with Gasteiger partial charge in [0.15, 0.2) is 18.1 Å². The molecule has 1 aromatic rings. The van der Waals surface area contributed by atoms with Crippen molar-refractivity contribution < 1.29 is 14.3 Å². The molecule has 24 heavy (non-hydrogen) atoms. The van der Waals surface area contributed by atoms with Crippen LogP contribution in [0.25, 0.3) is 0 Å². The van der Waals surface area contributed by atoms with E-state index in [0.29, 0.717) is 11.8 Å². The van der Waals surface area contributed by atoms with Crippen molar-refractivity contribution >= 4 is 5.91 Å². The van der Waals surface area contributed by atoms with E-state index in [1.165, 1.54) is 12.8 Å². The van der Waals surface area contributed by atoms with Crippen molar-refractivity contribution in [2.45, 2.75) is 77.5 Å². The number of hydrogen-bond acceptors (Lipinski definition) is 3. The molecule has 0 unspecified atom stereocenters. The molecule has 0 spiro atoms. The molecule has 1 amide bonds. The molecule has 0 atom stereocenters. The van der Waals surface area contributed by atoms with E-state index >= 15 is 0 Å². The predicted octanol–water partition coefficient (Wildman–Crippen LogP) is 3.96. The molecule has 0 radical (unpaired) electrons. The Bertz CT molecular complexity index is 603. The Morgan fingerprint density at radius 1 is 1.33 bits per heavy atom. The van der Waals surface area contributed by atoms with Crippen molar-refractivity contribution in [3.05, 3.63) is 23.8 Å². The number of fused-ring (bicyclic) bond motifs is 1. The zero-order chi connectivity index (χ0) is 17.3. The first-order chi connectivity index (χ1) is 11.4. The van der Waals surface area contributed by atoms with Gasteiger partial charge in [-0.25, -0.2) is 0 Å². The SMILES string of the molecule is CC(C)N(C(=O)COc1cccc2c1OC(C)(C)C2)C1CCCC1. The zero-order valence-corrected chi connectivity index (χ0v) is 15.3. The van der Waals surface area contributed by atoms with Gasteiger partial charge in [0.25, 0.3) is 5.91 Å². The summed E-state index contributed by atoms with van der Waals surface area (Å²) in [7, 11) is 0. The molecule has 0 N–H and O–H groups in total. The monoisotopic (exact) mass is 331 g/mol. The number of ether oxygens (including phenoxy) is 2. The van der Waals surface area contributed by atoms with E-state index in [1.807, 2.05) is 17.0 Å². The fourth-order valence-electron chi connectivity index (χ4n) is 4.01. The smallest absolute Gasteiger partial charge is 0.260 e. The summed E-state index contributed by atoms with van der Waals surface area (Å²) in [6, 6.07) is 6.51. The lowest BCUT2D eigenvalue weighted by molar-refractivity contribution is -0.137. The minimum atomic E-state index is -0.209. The molecule has 2 aliphatic rings. The molecule has 0 saturated heterocycles. The van der Waals surface area contributed by atoms with E-state index in [1.54, 1.807) is 0 Å². The topological polar surface area (TPSA) is 38.8 Å². The third kappa shape index (κ3) is 3.52. The number of carbonyl (C=O) groups excluding carboxylic acids is 1. The number of para-hydroxylation sites is 1. The molecule has 132 valence electrons. The third-order valence-electron chi connectivity index (χ3n) is 4.97. The molecule has 0 aromatic heterocycles. The van der Waals surface area contributed by atoms with Crippen LogP contribution in [0.4, 0.5) is 0 Å².